The van der Waals surface area contributed by atoms with Gasteiger partial charge < -0.3 is 10.6 Å². The number of anilines is 1. The fourth-order valence-electron chi connectivity index (χ4n) is 1.73. The van der Waals surface area contributed by atoms with Gasteiger partial charge in [-0.2, -0.15) is 0 Å². The molecule has 1 fully saturated rings. The highest BCUT2D eigenvalue weighted by Crippen LogP contribution is 2.18. The van der Waals surface area contributed by atoms with Crippen LogP contribution < -0.4 is 10.6 Å². The van der Waals surface area contributed by atoms with Crippen molar-refractivity contribution in [1.82, 2.24) is 15.5 Å². The summed E-state index contributed by atoms with van der Waals surface area (Å²) in [5, 5.41) is 15.5. The normalized spacial score (nSPS) is 20.7. The predicted molar refractivity (Wildman–Crippen MR) is 63.5 cm³/mol. The molecule has 1 aliphatic heterocycles. The molecule has 1 aromatic rings. The van der Waals surface area contributed by atoms with Crippen LogP contribution in [0.25, 0.3) is 0 Å². The van der Waals surface area contributed by atoms with E-state index in [-0.39, 0.29) is 11.8 Å². The number of piperidine rings is 1. The molecule has 2 rings (SSSR count). The molecular weight excluding hydrogens is 224 g/mol. The first-order chi connectivity index (χ1) is 7.79. The van der Waals surface area contributed by atoms with Crippen molar-refractivity contribution in [2.75, 3.05) is 18.4 Å². The highest BCUT2D eigenvalue weighted by atomic mass is 32.1. The van der Waals surface area contributed by atoms with Crippen LogP contribution in [0.1, 0.15) is 24.8 Å². The fraction of sp³-hybridized carbons (Fsp3) is 0.700. The first-order valence-corrected chi connectivity index (χ1v) is 6.45. The van der Waals surface area contributed by atoms with Crippen LogP contribution in [0, 0.1) is 5.92 Å². The van der Waals surface area contributed by atoms with Crippen molar-refractivity contribution in [3.63, 3.8) is 0 Å². The van der Waals surface area contributed by atoms with Crippen molar-refractivity contribution in [2.45, 2.75) is 26.2 Å². The predicted octanol–water partition coefficient (Wildman–Crippen LogP) is 1.04. The number of hydrogen-bond donors (Lipinski definition) is 2. The summed E-state index contributed by atoms with van der Waals surface area (Å²) in [6.45, 7) is 3.81. The molecule has 1 atom stereocenters. The Balaban J connectivity index is 1.90. The number of carbonyl (C=O) groups excluding carboxylic acids is 1. The molecule has 0 saturated carbocycles. The van der Waals surface area contributed by atoms with Crippen LogP contribution in [0.5, 0.6) is 0 Å². The van der Waals surface area contributed by atoms with Gasteiger partial charge in [0, 0.05) is 6.54 Å². The van der Waals surface area contributed by atoms with E-state index in [1.165, 1.54) is 11.3 Å². The number of rotatable bonds is 3. The Hall–Kier alpha value is -1.01. The van der Waals surface area contributed by atoms with E-state index in [4.69, 9.17) is 0 Å². The molecule has 2 heterocycles. The van der Waals surface area contributed by atoms with Crippen LogP contribution in [-0.4, -0.2) is 29.2 Å². The smallest absolute Gasteiger partial charge is 0.230 e. The molecule has 1 saturated heterocycles. The molecule has 0 aliphatic carbocycles. The Bertz CT molecular complexity index is 359. The van der Waals surface area contributed by atoms with Gasteiger partial charge >= 0.3 is 0 Å². The minimum atomic E-state index is 0.0611. The molecule has 1 amide bonds. The highest BCUT2D eigenvalue weighted by molar-refractivity contribution is 7.15. The topological polar surface area (TPSA) is 66.9 Å². The second kappa shape index (κ2) is 5.36. The third kappa shape index (κ3) is 2.76. The van der Waals surface area contributed by atoms with Gasteiger partial charge in [-0.25, -0.2) is 0 Å². The SMILES string of the molecule is CCc1nnc(NC(=O)C2CCCNC2)s1. The van der Waals surface area contributed by atoms with Gasteiger partial charge in [-0.05, 0) is 25.8 Å². The van der Waals surface area contributed by atoms with Crippen LogP contribution in [0.3, 0.4) is 0 Å². The first kappa shape index (κ1) is 11.5. The zero-order valence-corrected chi connectivity index (χ0v) is 10.1. The summed E-state index contributed by atoms with van der Waals surface area (Å²) in [6.07, 6.45) is 2.88. The molecule has 2 N–H and O–H groups in total. The Labute approximate surface area is 98.7 Å². The van der Waals surface area contributed by atoms with E-state index >= 15 is 0 Å². The van der Waals surface area contributed by atoms with Gasteiger partial charge in [0.2, 0.25) is 11.0 Å². The van der Waals surface area contributed by atoms with Crippen LogP contribution in [0.4, 0.5) is 5.13 Å². The van der Waals surface area contributed by atoms with Gasteiger partial charge in [-0.3, -0.25) is 4.79 Å². The van der Waals surface area contributed by atoms with Crippen LogP contribution in [0.2, 0.25) is 0 Å². The molecule has 6 heteroatoms. The Morgan fingerprint density at radius 1 is 1.62 bits per heavy atom. The fourth-order valence-corrected chi connectivity index (χ4v) is 2.41. The van der Waals surface area contributed by atoms with Crippen molar-refractivity contribution >= 4 is 22.4 Å². The maximum Gasteiger partial charge on any atom is 0.230 e. The van der Waals surface area contributed by atoms with E-state index in [1.807, 2.05) is 6.92 Å². The maximum atomic E-state index is 11.9. The quantitative estimate of drug-likeness (QED) is 0.828. The molecule has 1 aliphatic rings. The Morgan fingerprint density at radius 2 is 2.50 bits per heavy atom. The summed E-state index contributed by atoms with van der Waals surface area (Å²) in [4.78, 5) is 11.9. The number of hydrogen-bond acceptors (Lipinski definition) is 5. The van der Waals surface area contributed by atoms with Gasteiger partial charge in [0.15, 0.2) is 0 Å². The standard InChI is InChI=1S/C10H16N4OS/c1-2-8-13-14-10(16-8)12-9(15)7-4-3-5-11-6-7/h7,11H,2-6H2,1H3,(H,12,14,15). The van der Waals surface area contributed by atoms with Crippen molar-refractivity contribution in [2.24, 2.45) is 5.92 Å². The number of nitrogens with zero attached hydrogens (tertiary/aromatic N) is 2. The lowest BCUT2D eigenvalue weighted by molar-refractivity contribution is -0.120. The molecule has 0 bridgehead atoms. The van der Waals surface area contributed by atoms with Crippen LogP contribution >= 0.6 is 11.3 Å². The second-order valence-corrected chi connectivity index (χ2v) is 4.95. The lowest BCUT2D eigenvalue weighted by atomic mass is 9.99. The first-order valence-electron chi connectivity index (χ1n) is 5.63. The minimum absolute atomic E-state index is 0.0611. The van der Waals surface area contributed by atoms with E-state index in [0.717, 1.165) is 37.4 Å². The van der Waals surface area contributed by atoms with Crippen molar-refractivity contribution in [1.29, 1.82) is 0 Å². The summed E-state index contributed by atoms with van der Waals surface area (Å²) in [5.41, 5.74) is 0. The van der Waals surface area contributed by atoms with E-state index in [1.54, 1.807) is 0 Å². The van der Waals surface area contributed by atoms with Crippen molar-refractivity contribution in [3.8, 4) is 0 Å². The molecule has 1 unspecified atom stereocenters. The summed E-state index contributed by atoms with van der Waals surface area (Å²) in [5.74, 6) is 0.133. The zero-order chi connectivity index (χ0) is 11.4. The van der Waals surface area contributed by atoms with Gasteiger partial charge in [0.1, 0.15) is 5.01 Å². The van der Waals surface area contributed by atoms with E-state index in [0.29, 0.717) is 5.13 Å². The highest BCUT2D eigenvalue weighted by Gasteiger charge is 2.21. The molecular formula is C10H16N4OS. The summed E-state index contributed by atoms with van der Waals surface area (Å²) < 4.78 is 0. The number of amides is 1. The molecule has 5 nitrogen and oxygen atoms in total. The van der Waals surface area contributed by atoms with Crippen molar-refractivity contribution in [3.05, 3.63) is 5.01 Å². The van der Waals surface area contributed by atoms with Crippen LogP contribution in [-0.2, 0) is 11.2 Å². The average Bonchev–Trinajstić information content (AvgIpc) is 2.78. The average molecular weight is 240 g/mol. The molecule has 1 aromatic heterocycles. The molecule has 0 aromatic carbocycles. The Morgan fingerprint density at radius 3 is 3.12 bits per heavy atom. The van der Waals surface area contributed by atoms with Crippen molar-refractivity contribution < 1.29 is 4.79 Å². The monoisotopic (exact) mass is 240 g/mol. The Kier molecular flexibility index (Phi) is 3.84. The third-order valence-corrected chi connectivity index (χ3v) is 3.65. The maximum absolute atomic E-state index is 11.9. The van der Waals surface area contributed by atoms with Gasteiger partial charge in [0.25, 0.3) is 0 Å². The molecule has 16 heavy (non-hydrogen) atoms. The van der Waals surface area contributed by atoms with E-state index in [2.05, 4.69) is 20.8 Å². The van der Waals surface area contributed by atoms with Crippen LogP contribution in [0.15, 0.2) is 0 Å². The lowest BCUT2D eigenvalue weighted by Gasteiger charge is -2.20. The largest absolute Gasteiger partial charge is 0.316 e. The minimum Gasteiger partial charge on any atom is -0.316 e. The number of carbonyl (C=O) groups is 1. The summed E-state index contributed by atoms with van der Waals surface area (Å²) in [6, 6.07) is 0. The summed E-state index contributed by atoms with van der Waals surface area (Å²) >= 11 is 1.45. The lowest BCUT2D eigenvalue weighted by Crippen LogP contribution is -2.37. The van der Waals surface area contributed by atoms with E-state index < -0.39 is 0 Å². The third-order valence-electron chi connectivity index (χ3n) is 2.67. The van der Waals surface area contributed by atoms with Gasteiger partial charge in [-0.1, -0.05) is 18.3 Å². The van der Waals surface area contributed by atoms with E-state index in [9.17, 15) is 4.79 Å². The second-order valence-electron chi connectivity index (χ2n) is 3.89. The number of nitrogens with one attached hydrogen (secondary N) is 2. The molecule has 0 radical (unpaired) electrons. The number of aryl methyl sites for hydroxylation is 1. The zero-order valence-electron chi connectivity index (χ0n) is 9.32. The molecule has 0 spiro atoms. The number of aromatic nitrogens is 2. The van der Waals surface area contributed by atoms with Gasteiger partial charge in [-0.15, -0.1) is 10.2 Å². The summed E-state index contributed by atoms with van der Waals surface area (Å²) in [7, 11) is 0. The van der Waals surface area contributed by atoms with Gasteiger partial charge in [0.05, 0.1) is 5.92 Å². The molecule has 88 valence electrons.